The fourth-order valence-electron chi connectivity index (χ4n) is 2.28. The number of rotatable bonds is 3. The molecule has 1 aliphatic rings. The van der Waals surface area contributed by atoms with E-state index in [0.717, 1.165) is 6.42 Å². The summed E-state index contributed by atoms with van der Waals surface area (Å²) in [5.74, 6) is -0.624. The highest BCUT2D eigenvalue weighted by atomic mass is 32.1. The van der Waals surface area contributed by atoms with Gasteiger partial charge in [-0.05, 0) is 37.6 Å². The van der Waals surface area contributed by atoms with Crippen LogP contribution in [0.15, 0.2) is 24.3 Å². The minimum Gasteiger partial charge on any atom is -0.321 e. The van der Waals surface area contributed by atoms with E-state index < -0.39 is 0 Å². The van der Waals surface area contributed by atoms with E-state index in [2.05, 4.69) is 10.3 Å². The molecule has 1 fully saturated rings. The smallest absolute Gasteiger partial charge is 0.267 e. The van der Waals surface area contributed by atoms with E-state index in [9.17, 15) is 14.0 Å². The SMILES string of the molecule is Cc1nc(N2CCCC2=O)sc1C(=O)Nc1ccc(F)cc1. The summed E-state index contributed by atoms with van der Waals surface area (Å²) in [5, 5.41) is 3.26. The molecule has 1 aromatic heterocycles. The Bertz CT molecular complexity index is 727. The largest absolute Gasteiger partial charge is 0.321 e. The number of thiazole rings is 1. The lowest BCUT2D eigenvalue weighted by Crippen LogP contribution is -2.23. The molecule has 0 atom stereocenters. The average Bonchev–Trinajstić information content (AvgIpc) is 3.07. The van der Waals surface area contributed by atoms with Gasteiger partial charge in [-0.1, -0.05) is 11.3 Å². The second-order valence-corrected chi connectivity index (χ2v) is 6.00. The molecule has 22 heavy (non-hydrogen) atoms. The third kappa shape index (κ3) is 2.85. The first-order chi connectivity index (χ1) is 10.5. The highest BCUT2D eigenvalue weighted by Gasteiger charge is 2.26. The van der Waals surface area contributed by atoms with Crippen molar-refractivity contribution in [1.29, 1.82) is 0 Å². The van der Waals surface area contributed by atoms with E-state index >= 15 is 0 Å². The predicted molar refractivity (Wildman–Crippen MR) is 82.8 cm³/mol. The fourth-order valence-corrected chi connectivity index (χ4v) is 3.29. The number of hydrogen-bond acceptors (Lipinski definition) is 4. The molecule has 1 saturated heterocycles. The van der Waals surface area contributed by atoms with Crippen molar-refractivity contribution < 1.29 is 14.0 Å². The lowest BCUT2D eigenvalue weighted by atomic mass is 10.3. The van der Waals surface area contributed by atoms with Crippen molar-refractivity contribution in [3.05, 3.63) is 40.7 Å². The van der Waals surface area contributed by atoms with Crippen LogP contribution < -0.4 is 10.2 Å². The van der Waals surface area contributed by atoms with Gasteiger partial charge in [-0.15, -0.1) is 0 Å². The van der Waals surface area contributed by atoms with Crippen LogP contribution in [0.4, 0.5) is 15.2 Å². The summed E-state index contributed by atoms with van der Waals surface area (Å²) < 4.78 is 12.9. The Morgan fingerprint density at radius 2 is 2.09 bits per heavy atom. The number of anilines is 2. The van der Waals surface area contributed by atoms with Crippen LogP contribution in [0.1, 0.15) is 28.2 Å². The lowest BCUT2D eigenvalue weighted by Gasteiger charge is -2.10. The van der Waals surface area contributed by atoms with E-state index in [0.29, 0.717) is 34.4 Å². The van der Waals surface area contributed by atoms with Gasteiger partial charge in [0, 0.05) is 18.7 Å². The van der Waals surface area contributed by atoms with Crippen molar-refractivity contribution in [2.24, 2.45) is 0 Å². The molecular weight excluding hydrogens is 305 g/mol. The minimum absolute atomic E-state index is 0.0410. The zero-order chi connectivity index (χ0) is 15.7. The van der Waals surface area contributed by atoms with Crippen molar-refractivity contribution in [2.75, 3.05) is 16.8 Å². The molecule has 2 aromatic rings. The molecular formula is C15H14FN3O2S. The maximum atomic E-state index is 12.9. The van der Waals surface area contributed by atoms with Crippen molar-refractivity contribution >= 4 is 34.0 Å². The fraction of sp³-hybridized carbons (Fsp3) is 0.267. The standard InChI is InChI=1S/C15H14FN3O2S/c1-9-13(14(21)18-11-6-4-10(16)5-7-11)22-15(17-9)19-8-2-3-12(19)20/h4-7H,2-3,8H2,1H3,(H,18,21). The van der Waals surface area contributed by atoms with Gasteiger partial charge in [0.2, 0.25) is 5.91 Å². The monoisotopic (exact) mass is 319 g/mol. The third-order valence-corrected chi connectivity index (χ3v) is 4.58. The summed E-state index contributed by atoms with van der Waals surface area (Å²) in [6.45, 7) is 2.38. The topological polar surface area (TPSA) is 62.3 Å². The van der Waals surface area contributed by atoms with Crippen LogP contribution in [0.25, 0.3) is 0 Å². The second kappa shape index (κ2) is 5.84. The Morgan fingerprint density at radius 1 is 1.36 bits per heavy atom. The van der Waals surface area contributed by atoms with E-state index in [-0.39, 0.29) is 17.6 Å². The summed E-state index contributed by atoms with van der Waals surface area (Å²) in [4.78, 5) is 30.4. The molecule has 3 rings (SSSR count). The van der Waals surface area contributed by atoms with Crippen molar-refractivity contribution in [3.63, 3.8) is 0 Å². The van der Waals surface area contributed by atoms with Gasteiger partial charge in [-0.25, -0.2) is 9.37 Å². The molecule has 7 heteroatoms. The number of amides is 2. The summed E-state index contributed by atoms with van der Waals surface area (Å²) in [7, 11) is 0. The Balaban J connectivity index is 1.79. The van der Waals surface area contributed by atoms with E-state index in [1.807, 2.05) is 0 Å². The van der Waals surface area contributed by atoms with Gasteiger partial charge < -0.3 is 5.32 Å². The van der Waals surface area contributed by atoms with Gasteiger partial charge in [0.05, 0.1) is 5.69 Å². The molecule has 0 unspecified atom stereocenters. The first kappa shape index (κ1) is 14.6. The molecule has 5 nitrogen and oxygen atoms in total. The predicted octanol–water partition coefficient (Wildman–Crippen LogP) is 2.97. The van der Waals surface area contributed by atoms with E-state index in [1.165, 1.54) is 35.6 Å². The first-order valence-electron chi connectivity index (χ1n) is 6.89. The number of aryl methyl sites for hydroxylation is 1. The van der Waals surface area contributed by atoms with Crippen LogP contribution >= 0.6 is 11.3 Å². The second-order valence-electron chi connectivity index (χ2n) is 5.02. The lowest BCUT2D eigenvalue weighted by molar-refractivity contribution is -0.117. The van der Waals surface area contributed by atoms with Gasteiger partial charge >= 0.3 is 0 Å². The summed E-state index contributed by atoms with van der Waals surface area (Å²) >= 11 is 1.20. The molecule has 1 aliphatic heterocycles. The van der Waals surface area contributed by atoms with E-state index in [1.54, 1.807) is 11.8 Å². The molecule has 1 N–H and O–H groups in total. The molecule has 114 valence electrons. The van der Waals surface area contributed by atoms with Gasteiger partial charge in [-0.2, -0.15) is 0 Å². The minimum atomic E-state index is -0.359. The number of carbonyl (C=O) groups is 2. The highest BCUT2D eigenvalue weighted by Crippen LogP contribution is 2.29. The molecule has 2 amide bonds. The molecule has 0 aliphatic carbocycles. The number of nitrogens with zero attached hydrogens (tertiary/aromatic N) is 2. The number of halogens is 1. The molecule has 2 heterocycles. The zero-order valence-electron chi connectivity index (χ0n) is 11.9. The van der Waals surface area contributed by atoms with Gasteiger partial charge in [0.1, 0.15) is 10.7 Å². The number of carbonyl (C=O) groups excluding carboxylic acids is 2. The Hall–Kier alpha value is -2.28. The average molecular weight is 319 g/mol. The highest BCUT2D eigenvalue weighted by molar-refractivity contribution is 7.18. The Labute approximate surface area is 130 Å². The van der Waals surface area contributed by atoms with Crippen LogP contribution in [-0.2, 0) is 4.79 Å². The van der Waals surface area contributed by atoms with Gasteiger partial charge in [0.15, 0.2) is 5.13 Å². The van der Waals surface area contributed by atoms with Crippen LogP contribution in [0, 0.1) is 12.7 Å². The molecule has 0 bridgehead atoms. The number of hydrogen-bond donors (Lipinski definition) is 1. The Kier molecular flexibility index (Phi) is 3.89. The normalized spacial score (nSPS) is 14.5. The third-order valence-electron chi connectivity index (χ3n) is 3.40. The van der Waals surface area contributed by atoms with E-state index in [4.69, 9.17) is 0 Å². The Morgan fingerprint density at radius 3 is 2.73 bits per heavy atom. The molecule has 0 saturated carbocycles. The van der Waals surface area contributed by atoms with Crippen molar-refractivity contribution in [2.45, 2.75) is 19.8 Å². The number of benzene rings is 1. The van der Waals surface area contributed by atoms with Crippen LogP contribution in [-0.4, -0.2) is 23.3 Å². The van der Waals surface area contributed by atoms with Crippen LogP contribution in [0.5, 0.6) is 0 Å². The zero-order valence-corrected chi connectivity index (χ0v) is 12.7. The van der Waals surface area contributed by atoms with Crippen molar-refractivity contribution in [3.8, 4) is 0 Å². The quantitative estimate of drug-likeness (QED) is 0.946. The summed E-state index contributed by atoms with van der Waals surface area (Å²) in [6.07, 6.45) is 1.34. The number of nitrogens with one attached hydrogen (secondary N) is 1. The maximum absolute atomic E-state index is 12.9. The maximum Gasteiger partial charge on any atom is 0.267 e. The first-order valence-corrected chi connectivity index (χ1v) is 7.71. The van der Waals surface area contributed by atoms with Gasteiger partial charge in [-0.3, -0.25) is 14.5 Å². The molecule has 1 aromatic carbocycles. The van der Waals surface area contributed by atoms with Crippen LogP contribution in [0.2, 0.25) is 0 Å². The van der Waals surface area contributed by atoms with Crippen LogP contribution in [0.3, 0.4) is 0 Å². The van der Waals surface area contributed by atoms with Crippen molar-refractivity contribution in [1.82, 2.24) is 4.98 Å². The summed E-state index contributed by atoms with van der Waals surface area (Å²) in [6, 6.07) is 5.55. The molecule has 0 spiro atoms. The van der Waals surface area contributed by atoms with Gasteiger partial charge in [0.25, 0.3) is 5.91 Å². The summed E-state index contributed by atoms with van der Waals surface area (Å²) in [5.41, 5.74) is 1.09. The number of aromatic nitrogens is 1. The molecule has 0 radical (unpaired) electrons.